The third-order valence-electron chi connectivity index (χ3n) is 4.75. The van der Waals surface area contributed by atoms with E-state index in [1.54, 1.807) is 48.5 Å². The third kappa shape index (κ3) is 3.88. The van der Waals surface area contributed by atoms with Gasteiger partial charge >= 0.3 is 6.18 Å². The van der Waals surface area contributed by atoms with Crippen LogP contribution in [0.5, 0.6) is 5.75 Å². The van der Waals surface area contributed by atoms with E-state index in [0.29, 0.717) is 32.3 Å². The number of benzene rings is 2. The molecule has 2 aromatic heterocycles. The molecule has 0 saturated heterocycles. The number of para-hydroxylation sites is 1. The molecule has 10 heteroatoms. The van der Waals surface area contributed by atoms with E-state index in [2.05, 4.69) is 10.1 Å². The molecule has 6 nitrogen and oxygen atoms in total. The second-order valence-electron chi connectivity index (χ2n) is 6.80. The molecule has 2 heterocycles. The Morgan fingerprint density at radius 2 is 1.74 bits per heavy atom. The molecule has 160 valence electrons. The summed E-state index contributed by atoms with van der Waals surface area (Å²) in [6.07, 6.45) is -4.58. The first kappa shape index (κ1) is 20.9. The number of rotatable bonds is 4. The van der Waals surface area contributed by atoms with Crippen molar-refractivity contribution in [3.8, 4) is 22.7 Å². The average molecular weight is 449 g/mol. The summed E-state index contributed by atoms with van der Waals surface area (Å²) in [5.74, 6) is 0.553. The first-order valence-electron chi connectivity index (χ1n) is 9.16. The molecule has 0 aliphatic heterocycles. The normalized spacial score (nSPS) is 11.8. The van der Waals surface area contributed by atoms with Gasteiger partial charge < -0.3 is 4.74 Å². The first-order chi connectivity index (χ1) is 14.7. The molecule has 0 amide bonds. The summed E-state index contributed by atoms with van der Waals surface area (Å²) in [7, 11) is 1.53. The smallest absolute Gasteiger partial charge is 0.406 e. The van der Waals surface area contributed by atoms with Gasteiger partial charge in [0.25, 0.3) is 5.56 Å². The lowest BCUT2D eigenvalue weighted by molar-refractivity contribution is -0.141. The van der Waals surface area contributed by atoms with Crippen molar-refractivity contribution in [3.05, 3.63) is 69.7 Å². The number of aryl methyl sites for hydroxylation is 1. The Balaban J connectivity index is 2.06. The Kier molecular flexibility index (Phi) is 5.22. The van der Waals surface area contributed by atoms with Crippen molar-refractivity contribution in [1.82, 2.24) is 19.3 Å². The van der Waals surface area contributed by atoms with E-state index in [1.165, 1.54) is 18.7 Å². The summed E-state index contributed by atoms with van der Waals surface area (Å²) in [6, 6.07) is 13.8. The number of nitrogens with zero attached hydrogens (tertiary/aromatic N) is 4. The van der Waals surface area contributed by atoms with E-state index in [4.69, 9.17) is 16.3 Å². The molecule has 0 bridgehead atoms. The minimum atomic E-state index is -4.58. The summed E-state index contributed by atoms with van der Waals surface area (Å²) in [5, 5.41) is 4.69. The van der Waals surface area contributed by atoms with Gasteiger partial charge in [0.2, 0.25) is 0 Å². The summed E-state index contributed by atoms with van der Waals surface area (Å²) >= 11 is 6.35. The minimum absolute atomic E-state index is 0.0664. The van der Waals surface area contributed by atoms with Gasteiger partial charge in [0.05, 0.1) is 17.8 Å². The van der Waals surface area contributed by atoms with Crippen LogP contribution in [-0.2, 0) is 6.54 Å². The van der Waals surface area contributed by atoms with Crippen molar-refractivity contribution in [2.75, 3.05) is 7.11 Å². The number of hydrogen-bond donors (Lipinski definition) is 0. The van der Waals surface area contributed by atoms with Crippen molar-refractivity contribution in [2.45, 2.75) is 19.6 Å². The zero-order chi connectivity index (χ0) is 22.3. The number of ether oxygens (including phenoxy) is 1. The number of hydrogen-bond acceptors (Lipinski definition) is 4. The zero-order valence-corrected chi connectivity index (χ0v) is 17.2. The lowest BCUT2D eigenvalue weighted by atomic mass is 10.1. The van der Waals surface area contributed by atoms with E-state index in [-0.39, 0.29) is 16.9 Å². The van der Waals surface area contributed by atoms with Gasteiger partial charge in [0.1, 0.15) is 29.3 Å². The van der Waals surface area contributed by atoms with Gasteiger partial charge in [0, 0.05) is 5.56 Å². The minimum Gasteiger partial charge on any atom is -0.497 e. The van der Waals surface area contributed by atoms with E-state index in [9.17, 15) is 18.0 Å². The summed E-state index contributed by atoms with van der Waals surface area (Å²) in [6.45, 7) is -0.0886. The van der Waals surface area contributed by atoms with Crippen LogP contribution < -0.4 is 10.3 Å². The highest BCUT2D eigenvalue weighted by molar-refractivity contribution is 6.32. The lowest BCUT2D eigenvalue weighted by Gasteiger charge is -2.12. The molecule has 0 aliphatic carbocycles. The van der Waals surface area contributed by atoms with Gasteiger partial charge in [-0.2, -0.15) is 18.3 Å². The maximum Gasteiger partial charge on any atom is 0.406 e. The van der Waals surface area contributed by atoms with Crippen LogP contribution in [0.2, 0.25) is 5.02 Å². The number of methoxy groups -OCH3 is 1. The first-order valence-corrected chi connectivity index (χ1v) is 9.53. The molecule has 0 N–H and O–H groups in total. The van der Waals surface area contributed by atoms with Gasteiger partial charge in [-0.3, -0.25) is 9.36 Å². The SMILES string of the molecule is COc1ccc(-c2c3nc(C)n(CC(F)(F)F)c(=O)c3nn2-c2ccccc2Cl)cc1. The Hall–Kier alpha value is -3.33. The molecule has 2 aromatic carbocycles. The highest BCUT2D eigenvalue weighted by Gasteiger charge is 2.31. The fraction of sp³-hybridized carbons (Fsp3) is 0.190. The highest BCUT2D eigenvalue weighted by atomic mass is 35.5. The maximum atomic E-state index is 13.0. The van der Waals surface area contributed by atoms with Gasteiger partial charge in [-0.05, 0) is 43.3 Å². The Morgan fingerprint density at radius 1 is 1.06 bits per heavy atom. The number of aromatic nitrogens is 4. The maximum absolute atomic E-state index is 13.0. The topological polar surface area (TPSA) is 61.9 Å². The molecule has 0 saturated carbocycles. The van der Waals surface area contributed by atoms with Crippen LogP contribution in [0.4, 0.5) is 13.2 Å². The summed E-state index contributed by atoms with van der Waals surface area (Å²) in [4.78, 5) is 17.3. The van der Waals surface area contributed by atoms with Crippen LogP contribution in [0.3, 0.4) is 0 Å². The zero-order valence-electron chi connectivity index (χ0n) is 16.4. The number of halogens is 4. The standard InChI is InChI=1S/C21H16ClF3N4O2/c1-12-26-17-18(20(30)28(12)11-21(23,24)25)27-29(16-6-4-3-5-15(16)22)19(17)13-7-9-14(31-2)10-8-13/h3-10H,11H2,1-2H3. The van der Waals surface area contributed by atoms with E-state index in [0.717, 1.165) is 0 Å². The van der Waals surface area contributed by atoms with Crippen LogP contribution in [0, 0.1) is 6.92 Å². The molecule has 4 aromatic rings. The molecule has 0 radical (unpaired) electrons. The largest absolute Gasteiger partial charge is 0.497 e. The highest BCUT2D eigenvalue weighted by Crippen LogP contribution is 2.32. The second-order valence-corrected chi connectivity index (χ2v) is 7.21. The van der Waals surface area contributed by atoms with Crippen LogP contribution in [0.25, 0.3) is 28.0 Å². The van der Waals surface area contributed by atoms with Crippen LogP contribution in [-0.4, -0.2) is 32.6 Å². The molecule has 0 unspecified atom stereocenters. The second kappa shape index (κ2) is 7.73. The predicted octanol–water partition coefficient (Wildman–Crippen LogP) is 4.78. The van der Waals surface area contributed by atoms with Gasteiger partial charge in [-0.25, -0.2) is 9.67 Å². The molecule has 0 aliphatic rings. The van der Waals surface area contributed by atoms with E-state index < -0.39 is 18.3 Å². The predicted molar refractivity (Wildman–Crippen MR) is 111 cm³/mol. The fourth-order valence-electron chi connectivity index (χ4n) is 3.33. The van der Waals surface area contributed by atoms with Gasteiger partial charge in [-0.15, -0.1) is 0 Å². The van der Waals surface area contributed by atoms with Crippen LogP contribution >= 0.6 is 11.6 Å². The Morgan fingerprint density at radius 3 is 2.35 bits per heavy atom. The average Bonchev–Trinajstić information content (AvgIpc) is 3.10. The van der Waals surface area contributed by atoms with Crippen LogP contribution in [0.1, 0.15) is 5.82 Å². The van der Waals surface area contributed by atoms with E-state index in [1.807, 2.05) is 0 Å². The summed E-state index contributed by atoms with van der Waals surface area (Å²) < 4.78 is 46.2. The van der Waals surface area contributed by atoms with Crippen molar-refractivity contribution >= 4 is 22.6 Å². The van der Waals surface area contributed by atoms with Crippen molar-refractivity contribution in [2.24, 2.45) is 0 Å². The molecule has 0 fully saturated rings. The Labute approximate surface area is 179 Å². The van der Waals surface area contributed by atoms with Gasteiger partial charge in [0.15, 0.2) is 5.52 Å². The summed E-state index contributed by atoms with van der Waals surface area (Å²) in [5.41, 5.74) is 0.674. The Bertz CT molecular complexity index is 1330. The monoisotopic (exact) mass is 448 g/mol. The number of fused-ring (bicyclic) bond motifs is 1. The van der Waals surface area contributed by atoms with Crippen molar-refractivity contribution in [3.63, 3.8) is 0 Å². The molecular formula is C21H16ClF3N4O2. The lowest BCUT2D eigenvalue weighted by Crippen LogP contribution is -2.30. The molecule has 4 rings (SSSR count). The van der Waals surface area contributed by atoms with Crippen molar-refractivity contribution < 1.29 is 17.9 Å². The number of alkyl halides is 3. The quantitative estimate of drug-likeness (QED) is 0.450. The van der Waals surface area contributed by atoms with Gasteiger partial charge in [-0.1, -0.05) is 23.7 Å². The molecule has 0 atom stereocenters. The molecular weight excluding hydrogens is 433 g/mol. The fourth-order valence-corrected chi connectivity index (χ4v) is 3.54. The van der Waals surface area contributed by atoms with Crippen LogP contribution in [0.15, 0.2) is 53.3 Å². The van der Waals surface area contributed by atoms with E-state index >= 15 is 0 Å². The molecule has 31 heavy (non-hydrogen) atoms. The molecule has 0 spiro atoms. The third-order valence-corrected chi connectivity index (χ3v) is 5.07. The van der Waals surface area contributed by atoms with Crippen molar-refractivity contribution in [1.29, 1.82) is 0 Å².